The van der Waals surface area contributed by atoms with Gasteiger partial charge in [-0.25, -0.2) is 0 Å². The average Bonchev–Trinajstić information content (AvgIpc) is 2.47. The van der Waals surface area contributed by atoms with Crippen LogP contribution in [0.2, 0.25) is 0 Å². The highest BCUT2D eigenvalue weighted by Crippen LogP contribution is 2.32. The van der Waals surface area contributed by atoms with Crippen molar-refractivity contribution in [3.8, 4) is 5.75 Å². The van der Waals surface area contributed by atoms with Crippen LogP contribution in [0.5, 0.6) is 5.75 Å². The van der Waals surface area contributed by atoms with Gasteiger partial charge in [0.15, 0.2) is 0 Å². The third-order valence-electron chi connectivity index (χ3n) is 4.68. The Morgan fingerprint density at radius 1 is 0.909 bits per heavy atom. The second-order valence-corrected chi connectivity index (χ2v) is 6.98. The first-order chi connectivity index (χ1) is 10.4. The molecule has 2 aromatic rings. The van der Waals surface area contributed by atoms with Crippen molar-refractivity contribution >= 4 is 0 Å². The van der Waals surface area contributed by atoms with Gasteiger partial charge in [-0.05, 0) is 37.2 Å². The molecule has 1 fully saturated rings. The van der Waals surface area contributed by atoms with Crippen molar-refractivity contribution in [2.24, 2.45) is 0 Å². The van der Waals surface area contributed by atoms with Crippen LogP contribution in [0.3, 0.4) is 0 Å². The summed E-state index contributed by atoms with van der Waals surface area (Å²) < 4.78 is 5.97. The van der Waals surface area contributed by atoms with Crippen LogP contribution in [0.25, 0.3) is 0 Å². The third-order valence-corrected chi connectivity index (χ3v) is 4.68. The molecule has 3 rings (SSSR count). The maximum atomic E-state index is 5.97. The topological polar surface area (TPSA) is 12.5 Å². The first-order valence-electron chi connectivity index (χ1n) is 7.98. The lowest BCUT2D eigenvalue weighted by Crippen LogP contribution is -2.51. The lowest BCUT2D eigenvalue weighted by atomic mass is 9.78. The van der Waals surface area contributed by atoms with Gasteiger partial charge in [0.05, 0.1) is 0 Å². The second kappa shape index (κ2) is 5.77. The fourth-order valence-corrected chi connectivity index (χ4v) is 3.00. The fourth-order valence-electron chi connectivity index (χ4n) is 3.00. The number of rotatable bonds is 4. The number of ether oxygens (including phenoxy) is 1. The fraction of sp³-hybridized carbons (Fsp3) is 0.400. The standard InChI is InChI=1S/C20H25NO/c1-15-5-7-16(8-6-15)20(2,3)17-9-11-18(12-10-17)22-19-13-21(4)14-19/h5-12,19H,13-14H2,1-4H3. The molecule has 2 heteroatoms. The van der Waals surface area contributed by atoms with E-state index in [-0.39, 0.29) is 5.41 Å². The van der Waals surface area contributed by atoms with Crippen molar-refractivity contribution in [2.75, 3.05) is 20.1 Å². The minimum atomic E-state index is 0.00289. The Hall–Kier alpha value is -1.80. The normalized spacial score (nSPS) is 16.4. The van der Waals surface area contributed by atoms with Crippen LogP contribution in [-0.4, -0.2) is 31.1 Å². The quantitative estimate of drug-likeness (QED) is 0.845. The Balaban J connectivity index is 1.74. The number of likely N-dealkylation sites (N-methyl/N-ethyl adjacent to an activating group) is 1. The number of aryl methyl sites for hydroxylation is 1. The van der Waals surface area contributed by atoms with Gasteiger partial charge in [-0.15, -0.1) is 0 Å². The zero-order chi connectivity index (χ0) is 15.7. The SMILES string of the molecule is Cc1ccc(C(C)(C)c2ccc(OC3CN(C)C3)cc2)cc1. The molecular weight excluding hydrogens is 270 g/mol. The van der Waals surface area contributed by atoms with Gasteiger partial charge < -0.3 is 4.74 Å². The minimum Gasteiger partial charge on any atom is -0.488 e. The molecule has 22 heavy (non-hydrogen) atoms. The van der Waals surface area contributed by atoms with E-state index in [2.05, 4.69) is 81.2 Å². The van der Waals surface area contributed by atoms with Crippen molar-refractivity contribution in [1.29, 1.82) is 0 Å². The largest absolute Gasteiger partial charge is 0.488 e. The molecule has 0 aliphatic carbocycles. The Morgan fingerprint density at radius 2 is 1.41 bits per heavy atom. The van der Waals surface area contributed by atoms with Gasteiger partial charge in [0.2, 0.25) is 0 Å². The van der Waals surface area contributed by atoms with E-state index in [1.807, 2.05) is 0 Å². The highest BCUT2D eigenvalue weighted by Gasteiger charge is 2.26. The molecule has 0 N–H and O–H groups in total. The van der Waals surface area contributed by atoms with Gasteiger partial charge >= 0.3 is 0 Å². The van der Waals surface area contributed by atoms with Gasteiger partial charge in [0, 0.05) is 18.5 Å². The number of hydrogen-bond donors (Lipinski definition) is 0. The number of likely N-dealkylation sites (tertiary alicyclic amines) is 1. The van der Waals surface area contributed by atoms with Crippen molar-refractivity contribution in [3.63, 3.8) is 0 Å². The van der Waals surface area contributed by atoms with E-state index in [9.17, 15) is 0 Å². The lowest BCUT2D eigenvalue weighted by molar-refractivity contribution is 0.0388. The Kier molecular flexibility index (Phi) is 3.96. The molecule has 2 aromatic carbocycles. The van der Waals surface area contributed by atoms with Crippen LogP contribution in [0, 0.1) is 6.92 Å². The van der Waals surface area contributed by atoms with Crippen molar-refractivity contribution < 1.29 is 4.74 Å². The molecule has 1 saturated heterocycles. The van der Waals surface area contributed by atoms with Gasteiger partial charge in [0.25, 0.3) is 0 Å². The Morgan fingerprint density at radius 3 is 1.91 bits per heavy atom. The molecule has 1 heterocycles. The summed E-state index contributed by atoms with van der Waals surface area (Å²) in [7, 11) is 2.12. The van der Waals surface area contributed by atoms with Crippen LogP contribution >= 0.6 is 0 Å². The zero-order valence-electron chi connectivity index (χ0n) is 14.0. The molecule has 0 radical (unpaired) electrons. The van der Waals surface area contributed by atoms with E-state index in [4.69, 9.17) is 4.74 Å². The predicted molar refractivity (Wildman–Crippen MR) is 91.7 cm³/mol. The second-order valence-electron chi connectivity index (χ2n) is 6.98. The summed E-state index contributed by atoms with van der Waals surface area (Å²) >= 11 is 0. The molecule has 1 aliphatic heterocycles. The summed E-state index contributed by atoms with van der Waals surface area (Å²) in [4.78, 5) is 2.26. The van der Waals surface area contributed by atoms with Gasteiger partial charge in [-0.1, -0.05) is 55.8 Å². The summed E-state index contributed by atoms with van der Waals surface area (Å²) in [6, 6.07) is 17.4. The van der Waals surface area contributed by atoms with E-state index >= 15 is 0 Å². The molecule has 116 valence electrons. The first kappa shape index (κ1) is 15.1. The van der Waals surface area contributed by atoms with Crippen LogP contribution in [-0.2, 0) is 5.41 Å². The average molecular weight is 295 g/mol. The molecule has 0 unspecified atom stereocenters. The monoisotopic (exact) mass is 295 g/mol. The molecule has 0 bridgehead atoms. The van der Waals surface area contributed by atoms with Crippen LogP contribution in [0.1, 0.15) is 30.5 Å². The van der Waals surface area contributed by atoms with Gasteiger partial charge in [-0.2, -0.15) is 0 Å². The summed E-state index contributed by atoms with van der Waals surface area (Å²) in [5.74, 6) is 0.974. The Bertz CT molecular complexity index is 622. The van der Waals surface area contributed by atoms with E-state index in [0.717, 1.165) is 18.8 Å². The maximum Gasteiger partial charge on any atom is 0.124 e. The summed E-state index contributed by atoms with van der Waals surface area (Å²) in [6.45, 7) is 8.72. The summed E-state index contributed by atoms with van der Waals surface area (Å²) in [5, 5.41) is 0. The van der Waals surface area contributed by atoms with E-state index in [0.29, 0.717) is 6.10 Å². The van der Waals surface area contributed by atoms with Crippen LogP contribution < -0.4 is 4.74 Å². The maximum absolute atomic E-state index is 5.97. The van der Waals surface area contributed by atoms with Crippen LogP contribution in [0.4, 0.5) is 0 Å². The Labute approximate surface area is 133 Å². The lowest BCUT2D eigenvalue weighted by Gasteiger charge is -2.36. The molecule has 0 amide bonds. The van der Waals surface area contributed by atoms with Crippen molar-refractivity contribution in [2.45, 2.75) is 32.3 Å². The van der Waals surface area contributed by atoms with Gasteiger partial charge in [0.1, 0.15) is 11.9 Å². The highest BCUT2D eigenvalue weighted by atomic mass is 16.5. The molecule has 0 spiro atoms. The molecule has 0 atom stereocenters. The zero-order valence-corrected chi connectivity index (χ0v) is 14.0. The number of benzene rings is 2. The molecule has 2 nitrogen and oxygen atoms in total. The molecule has 0 saturated carbocycles. The molecule has 0 aromatic heterocycles. The predicted octanol–water partition coefficient (Wildman–Crippen LogP) is 4.01. The smallest absolute Gasteiger partial charge is 0.124 e. The highest BCUT2D eigenvalue weighted by molar-refractivity contribution is 5.40. The number of hydrogen-bond acceptors (Lipinski definition) is 2. The summed E-state index contributed by atoms with van der Waals surface area (Å²) in [6.07, 6.45) is 0.348. The third kappa shape index (κ3) is 3.02. The van der Waals surface area contributed by atoms with Crippen LogP contribution in [0.15, 0.2) is 48.5 Å². The van der Waals surface area contributed by atoms with E-state index in [1.165, 1.54) is 16.7 Å². The van der Waals surface area contributed by atoms with E-state index in [1.54, 1.807) is 0 Å². The first-order valence-corrected chi connectivity index (χ1v) is 7.98. The molecule has 1 aliphatic rings. The van der Waals surface area contributed by atoms with Gasteiger partial charge in [-0.3, -0.25) is 4.90 Å². The van der Waals surface area contributed by atoms with Crippen molar-refractivity contribution in [3.05, 3.63) is 65.2 Å². The molecular formula is C20H25NO. The van der Waals surface area contributed by atoms with E-state index < -0.39 is 0 Å². The summed E-state index contributed by atoms with van der Waals surface area (Å²) in [5.41, 5.74) is 3.96. The van der Waals surface area contributed by atoms with Crippen molar-refractivity contribution in [1.82, 2.24) is 4.90 Å². The number of nitrogens with zero attached hydrogens (tertiary/aromatic N) is 1. The minimum absolute atomic E-state index is 0.00289.